The molecule has 0 unspecified atom stereocenters. The molecule has 1 spiro atoms. The molecule has 40 heavy (non-hydrogen) atoms. The van der Waals surface area contributed by atoms with Gasteiger partial charge in [-0.25, -0.2) is 0 Å². The normalized spacial score (nSPS) is 27.7. The number of rotatable bonds is 5. The van der Waals surface area contributed by atoms with Gasteiger partial charge in [0.2, 0.25) is 14.3 Å². The Morgan fingerprint density at radius 2 is 1.68 bits per heavy atom. The largest absolute Gasteiger partial charge is 0.394 e. The van der Waals surface area contributed by atoms with Crippen LogP contribution in [0.1, 0.15) is 30.0 Å². The number of aliphatic hydroxyl groups is 1. The predicted molar refractivity (Wildman–Crippen MR) is 154 cm³/mol. The zero-order chi connectivity index (χ0) is 28.2. The molecule has 1 fully saturated rings. The van der Waals surface area contributed by atoms with E-state index in [-0.39, 0.29) is 30.9 Å². The summed E-state index contributed by atoms with van der Waals surface area (Å²) >= 11 is 0. The number of nitrogens with zero attached hydrogens (tertiary/aromatic N) is 2. The van der Waals surface area contributed by atoms with Crippen molar-refractivity contribution < 1.29 is 23.5 Å². The van der Waals surface area contributed by atoms with E-state index < -0.39 is 31.6 Å². The standard InChI is InChI=1S/C32H35FN2O4Si/c1-21-30(40(2,3)33)28(18-29(37)34-19-23-12-8-7-11-22(23)17-25(34)20-36)39-32(21)26-15-9-10-16-27(26)35(31(32)38)24-13-5-4-6-14-24/h4-16,21,25,28,30,36H,17-20H2,1-3H3/t21-,25-,28+,30-,32+/m0/s1. The number of ether oxygens (including phenoxy) is 1. The van der Waals surface area contributed by atoms with Gasteiger partial charge in [-0.1, -0.05) is 67.6 Å². The van der Waals surface area contributed by atoms with Gasteiger partial charge in [0.05, 0.1) is 30.9 Å². The molecule has 1 saturated heterocycles. The van der Waals surface area contributed by atoms with Gasteiger partial charge >= 0.3 is 0 Å². The van der Waals surface area contributed by atoms with Gasteiger partial charge in [0, 0.05) is 29.3 Å². The Morgan fingerprint density at radius 3 is 2.38 bits per heavy atom. The van der Waals surface area contributed by atoms with E-state index in [2.05, 4.69) is 0 Å². The topological polar surface area (TPSA) is 70.1 Å². The molecular formula is C32H35FN2O4Si. The lowest BCUT2D eigenvalue weighted by Gasteiger charge is -2.37. The Balaban J connectivity index is 1.37. The molecular weight excluding hydrogens is 523 g/mol. The van der Waals surface area contributed by atoms with Crippen LogP contribution in [0.3, 0.4) is 0 Å². The van der Waals surface area contributed by atoms with Crippen LogP contribution in [-0.4, -0.2) is 49.0 Å². The highest BCUT2D eigenvalue weighted by Gasteiger charge is 2.67. The van der Waals surface area contributed by atoms with E-state index in [1.807, 2.05) is 85.8 Å². The van der Waals surface area contributed by atoms with Gasteiger partial charge in [-0.2, -0.15) is 0 Å². The minimum Gasteiger partial charge on any atom is -0.394 e. The number of carbonyl (C=O) groups is 2. The van der Waals surface area contributed by atoms with Crippen LogP contribution in [-0.2, 0) is 32.9 Å². The second kappa shape index (κ2) is 9.94. The maximum absolute atomic E-state index is 16.2. The summed E-state index contributed by atoms with van der Waals surface area (Å²) in [4.78, 5) is 31.6. The molecule has 208 valence electrons. The highest BCUT2D eigenvalue weighted by atomic mass is 28.4. The second-order valence-corrected chi connectivity index (χ2v) is 15.6. The third kappa shape index (κ3) is 4.12. The third-order valence-corrected chi connectivity index (χ3v) is 11.5. The Kier molecular flexibility index (Phi) is 6.68. The number of fused-ring (bicyclic) bond motifs is 3. The van der Waals surface area contributed by atoms with E-state index in [0.29, 0.717) is 13.0 Å². The number of hydrogen-bond acceptors (Lipinski definition) is 4. The molecule has 5 atom stereocenters. The Morgan fingerprint density at radius 1 is 1.02 bits per heavy atom. The number of halogens is 1. The first-order chi connectivity index (χ1) is 19.2. The van der Waals surface area contributed by atoms with Crippen LogP contribution in [0.25, 0.3) is 0 Å². The molecule has 2 amide bonds. The smallest absolute Gasteiger partial charge is 0.268 e. The van der Waals surface area contributed by atoms with Crippen molar-refractivity contribution in [1.29, 1.82) is 0 Å². The highest BCUT2D eigenvalue weighted by Crippen LogP contribution is 2.61. The van der Waals surface area contributed by atoms with Gasteiger partial charge in [0.1, 0.15) is 0 Å². The number of amides is 2. The minimum atomic E-state index is -3.41. The molecule has 0 bridgehead atoms. The summed E-state index contributed by atoms with van der Waals surface area (Å²) < 4.78 is 22.9. The fourth-order valence-electron chi connectivity index (χ4n) is 7.29. The SMILES string of the molecule is C[C@H]1[C@H]([Si](C)(C)F)[C@@H](CC(=O)N2Cc3ccccc3C[C@H]2CO)O[C@]12C(=O)N(c1ccccc1)c1ccccc12. The summed E-state index contributed by atoms with van der Waals surface area (Å²) in [7, 11) is -3.41. The van der Waals surface area contributed by atoms with Crippen LogP contribution >= 0.6 is 0 Å². The third-order valence-electron chi connectivity index (χ3n) is 9.05. The lowest BCUT2D eigenvalue weighted by atomic mass is 9.82. The fourth-order valence-corrected chi connectivity index (χ4v) is 9.79. The van der Waals surface area contributed by atoms with Gasteiger partial charge in [-0.15, -0.1) is 0 Å². The first-order valence-corrected chi connectivity index (χ1v) is 16.9. The molecule has 0 saturated carbocycles. The van der Waals surface area contributed by atoms with E-state index in [4.69, 9.17) is 4.74 Å². The second-order valence-electron chi connectivity index (χ2n) is 11.8. The van der Waals surface area contributed by atoms with Gasteiger partial charge in [-0.05, 0) is 48.8 Å². The molecule has 8 heteroatoms. The van der Waals surface area contributed by atoms with E-state index in [0.717, 1.165) is 28.1 Å². The van der Waals surface area contributed by atoms with Crippen molar-refractivity contribution in [1.82, 2.24) is 4.90 Å². The van der Waals surface area contributed by atoms with E-state index in [1.165, 1.54) is 0 Å². The van der Waals surface area contributed by atoms with Gasteiger partial charge in [0.25, 0.3) is 5.91 Å². The number of aliphatic hydroxyl groups excluding tert-OH is 1. The lowest BCUT2D eigenvalue weighted by molar-refractivity contribution is -0.150. The number of hydrogen-bond donors (Lipinski definition) is 1. The molecule has 3 aliphatic rings. The maximum atomic E-state index is 16.2. The number of benzene rings is 3. The quantitative estimate of drug-likeness (QED) is 0.333. The van der Waals surface area contributed by atoms with Gasteiger partial charge in [0.15, 0.2) is 5.60 Å². The molecule has 6 nitrogen and oxygen atoms in total. The molecule has 3 heterocycles. The van der Waals surface area contributed by atoms with E-state index in [1.54, 1.807) is 22.9 Å². The molecule has 3 aromatic carbocycles. The molecule has 3 aromatic rings. The van der Waals surface area contributed by atoms with E-state index >= 15 is 4.11 Å². The molecule has 3 aliphatic heterocycles. The molecule has 6 rings (SSSR count). The van der Waals surface area contributed by atoms with Crippen molar-refractivity contribution in [3.05, 3.63) is 95.6 Å². The molecule has 0 aromatic heterocycles. The van der Waals surface area contributed by atoms with Crippen molar-refractivity contribution in [2.75, 3.05) is 11.5 Å². The van der Waals surface area contributed by atoms with Crippen molar-refractivity contribution >= 4 is 31.6 Å². The zero-order valence-electron chi connectivity index (χ0n) is 23.1. The molecule has 0 aliphatic carbocycles. The first-order valence-electron chi connectivity index (χ1n) is 14.0. The fraction of sp³-hybridized carbons (Fsp3) is 0.375. The summed E-state index contributed by atoms with van der Waals surface area (Å²) in [5, 5.41) is 10.1. The van der Waals surface area contributed by atoms with Crippen molar-refractivity contribution in [3.63, 3.8) is 0 Å². The number of para-hydroxylation sites is 2. The first kappa shape index (κ1) is 26.9. The average Bonchev–Trinajstić information content (AvgIpc) is 3.38. The Bertz CT molecular complexity index is 1440. The predicted octanol–water partition coefficient (Wildman–Crippen LogP) is 5.48. The Hall–Kier alpha value is -3.33. The van der Waals surface area contributed by atoms with Gasteiger partial charge < -0.3 is 18.9 Å². The van der Waals surface area contributed by atoms with Crippen molar-refractivity contribution in [3.8, 4) is 0 Å². The number of anilines is 2. The highest BCUT2D eigenvalue weighted by molar-refractivity contribution is 6.72. The van der Waals surface area contributed by atoms with Crippen molar-refractivity contribution in [2.24, 2.45) is 5.92 Å². The van der Waals surface area contributed by atoms with Crippen LogP contribution in [0.2, 0.25) is 18.6 Å². The van der Waals surface area contributed by atoms with E-state index in [9.17, 15) is 14.7 Å². The monoisotopic (exact) mass is 558 g/mol. The number of carbonyl (C=O) groups excluding carboxylic acids is 2. The summed E-state index contributed by atoms with van der Waals surface area (Å²) in [6.45, 7) is 5.42. The zero-order valence-corrected chi connectivity index (χ0v) is 24.1. The van der Waals surface area contributed by atoms with Crippen LogP contribution in [0.4, 0.5) is 15.5 Å². The Labute approximate surface area is 235 Å². The molecule has 0 radical (unpaired) electrons. The summed E-state index contributed by atoms with van der Waals surface area (Å²) in [6, 6.07) is 24.5. The lowest BCUT2D eigenvalue weighted by Crippen LogP contribution is -2.48. The minimum absolute atomic E-state index is 0.0451. The van der Waals surface area contributed by atoms with Crippen molar-refractivity contribution in [2.45, 2.75) is 62.7 Å². The van der Waals surface area contributed by atoms with Gasteiger partial charge in [-0.3, -0.25) is 14.5 Å². The summed E-state index contributed by atoms with van der Waals surface area (Å²) in [6.07, 6.45) is -0.246. The van der Waals surface area contributed by atoms with Crippen LogP contribution < -0.4 is 4.90 Å². The molecule has 1 N–H and O–H groups in total. The summed E-state index contributed by atoms with van der Waals surface area (Å²) in [5.74, 6) is -0.912. The maximum Gasteiger partial charge on any atom is 0.268 e. The van der Waals surface area contributed by atoms with Crippen LogP contribution in [0, 0.1) is 5.92 Å². The van der Waals surface area contributed by atoms with Crippen LogP contribution in [0.5, 0.6) is 0 Å². The summed E-state index contributed by atoms with van der Waals surface area (Å²) in [5.41, 5.74) is 2.38. The average molecular weight is 559 g/mol. The van der Waals surface area contributed by atoms with Crippen LogP contribution in [0.15, 0.2) is 78.9 Å².